The average Bonchev–Trinajstić information content (AvgIpc) is 2.99. The van der Waals surface area contributed by atoms with Gasteiger partial charge in [-0.05, 0) is 41.3 Å². The third-order valence-electron chi connectivity index (χ3n) is 7.48. The highest BCUT2D eigenvalue weighted by molar-refractivity contribution is 5.76. The summed E-state index contributed by atoms with van der Waals surface area (Å²) in [4.78, 5) is 21.3. The Morgan fingerprint density at radius 2 is 1.41 bits per heavy atom. The zero-order valence-electron chi connectivity index (χ0n) is 23.9. The fraction of sp³-hybridized carbons (Fsp3) is 0.419. The van der Waals surface area contributed by atoms with E-state index in [9.17, 15) is 36.2 Å². The van der Waals surface area contributed by atoms with E-state index in [2.05, 4.69) is 9.88 Å². The molecule has 44 heavy (non-hydrogen) atoms. The molecule has 238 valence electrons. The minimum absolute atomic E-state index is 0.137. The monoisotopic (exact) mass is 625 g/mol. The van der Waals surface area contributed by atoms with Crippen molar-refractivity contribution in [3.05, 3.63) is 89.7 Å². The molecule has 0 saturated carbocycles. The number of rotatable bonds is 11. The maximum absolute atomic E-state index is 13.2. The van der Waals surface area contributed by atoms with E-state index in [1.165, 1.54) is 0 Å². The molecule has 0 aliphatic carbocycles. The molecule has 2 heterocycles. The maximum atomic E-state index is 13.2. The molecule has 4 rings (SSSR count). The van der Waals surface area contributed by atoms with Crippen molar-refractivity contribution in [2.45, 2.75) is 44.0 Å². The van der Waals surface area contributed by atoms with Crippen molar-refractivity contribution in [3.8, 4) is 11.1 Å². The SMILES string of the molecule is CCOCCOC(=O)[C@@H]1CN(Cc2ccncc2)CCN1Cc1ccc(-c2ccc(C(O)(C(F)(F)F)C(F)(F)F)cc2)cc1. The summed E-state index contributed by atoms with van der Waals surface area (Å²) in [6.45, 7) is 5.59. The van der Waals surface area contributed by atoms with Gasteiger partial charge >= 0.3 is 18.3 Å². The summed E-state index contributed by atoms with van der Waals surface area (Å²) in [6, 6.07) is 13.7. The van der Waals surface area contributed by atoms with E-state index >= 15 is 0 Å². The Bertz CT molecular complexity index is 1340. The molecule has 1 saturated heterocycles. The first-order chi connectivity index (χ1) is 20.8. The summed E-state index contributed by atoms with van der Waals surface area (Å²) in [6.07, 6.45) is -8.47. The molecule has 13 heteroatoms. The van der Waals surface area contributed by atoms with Crippen LogP contribution in [0.4, 0.5) is 26.3 Å². The van der Waals surface area contributed by atoms with Crippen molar-refractivity contribution in [1.29, 1.82) is 0 Å². The molecule has 0 unspecified atom stereocenters. The zero-order valence-corrected chi connectivity index (χ0v) is 23.9. The first kappa shape index (κ1) is 33.4. The van der Waals surface area contributed by atoms with Gasteiger partial charge in [0.25, 0.3) is 5.60 Å². The summed E-state index contributed by atoms with van der Waals surface area (Å²) in [5.74, 6) is -0.362. The van der Waals surface area contributed by atoms with E-state index in [1.807, 2.05) is 24.0 Å². The number of pyridine rings is 1. The second-order valence-corrected chi connectivity index (χ2v) is 10.4. The number of hydrogen-bond donors (Lipinski definition) is 1. The van der Waals surface area contributed by atoms with Crippen molar-refractivity contribution in [1.82, 2.24) is 14.8 Å². The fourth-order valence-corrected chi connectivity index (χ4v) is 5.05. The predicted octanol–water partition coefficient (Wildman–Crippen LogP) is 5.33. The Hall–Kier alpha value is -3.52. The Morgan fingerprint density at radius 1 is 0.841 bits per heavy atom. The summed E-state index contributed by atoms with van der Waals surface area (Å²) < 4.78 is 90.1. The van der Waals surface area contributed by atoms with Gasteiger partial charge in [-0.1, -0.05) is 48.5 Å². The van der Waals surface area contributed by atoms with Gasteiger partial charge in [-0.2, -0.15) is 26.3 Å². The first-order valence-electron chi connectivity index (χ1n) is 14.0. The van der Waals surface area contributed by atoms with Gasteiger partial charge in [0.05, 0.1) is 6.61 Å². The second-order valence-electron chi connectivity index (χ2n) is 10.4. The second kappa shape index (κ2) is 14.1. The summed E-state index contributed by atoms with van der Waals surface area (Å²) in [5, 5.41) is 9.63. The third kappa shape index (κ3) is 7.76. The number of esters is 1. The van der Waals surface area contributed by atoms with Crippen molar-refractivity contribution >= 4 is 5.97 Å². The Kier molecular flexibility index (Phi) is 10.7. The highest BCUT2D eigenvalue weighted by Crippen LogP contribution is 2.50. The number of halogens is 6. The third-order valence-corrected chi connectivity index (χ3v) is 7.48. The summed E-state index contributed by atoms with van der Waals surface area (Å²) >= 11 is 0. The topological polar surface area (TPSA) is 75.1 Å². The molecule has 2 aromatic carbocycles. The van der Waals surface area contributed by atoms with Crippen molar-refractivity contribution < 1.29 is 45.7 Å². The van der Waals surface area contributed by atoms with E-state index in [0.29, 0.717) is 69.2 Å². The van der Waals surface area contributed by atoms with Crippen molar-refractivity contribution in [3.63, 3.8) is 0 Å². The van der Waals surface area contributed by atoms with Crippen LogP contribution in [0.5, 0.6) is 0 Å². The minimum Gasteiger partial charge on any atom is -0.462 e. The van der Waals surface area contributed by atoms with Gasteiger partial charge in [0.15, 0.2) is 0 Å². The Labute approximate surface area is 251 Å². The van der Waals surface area contributed by atoms with Gasteiger partial charge in [0.2, 0.25) is 0 Å². The number of ether oxygens (including phenoxy) is 2. The molecule has 1 aliphatic heterocycles. The van der Waals surface area contributed by atoms with Crippen LogP contribution in [0.15, 0.2) is 73.1 Å². The Balaban J connectivity index is 1.46. The molecular weight excluding hydrogens is 592 g/mol. The molecule has 7 nitrogen and oxygen atoms in total. The van der Waals surface area contributed by atoms with Crippen LogP contribution in [0.25, 0.3) is 11.1 Å². The fourth-order valence-electron chi connectivity index (χ4n) is 5.05. The van der Waals surface area contributed by atoms with E-state index in [4.69, 9.17) is 9.47 Å². The lowest BCUT2D eigenvalue weighted by Crippen LogP contribution is -2.56. The zero-order chi connectivity index (χ0) is 32.0. The molecular formula is C31H33F6N3O4. The number of benzene rings is 2. The molecule has 0 radical (unpaired) electrons. The quantitative estimate of drug-likeness (QED) is 0.176. The minimum atomic E-state index is -5.95. The van der Waals surface area contributed by atoms with Gasteiger partial charge in [-0.25, -0.2) is 0 Å². The van der Waals surface area contributed by atoms with E-state index < -0.39 is 29.6 Å². The first-order valence-corrected chi connectivity index (χ1v) is 14.0. The van der Waals surface area contributed by atoms with E-state index in [-0.39, 0.29) is 12.6 Å². The largest absolute Gasteiger partial charge is 0.462 e. The van der Waals surface area contributed by atoms with Crippen LogP contribution in [-0.4, -0.2) is 83.7 Å². The molecule has 1 atom stereocenters. The smallest absolute Gasteiger partial charge is 0.430 e. The lowest BCUT2D eigenvalue weighted by Gasteiger charge is -2.40. The number of carbonyl (C=O) groups excluding carboxylic acids is 1. The molecule has 0 spiro atoms. The van der Waals surface area contributed by atoms with Gasteiger partial charge in [-0.15, -0.1) is 0 Å². The van der Waals surface area contributed by atoms with Crippen LogP contribution in [0.2, 0.25) is 0 Å². The summed E-state index contributed by atoms with van der Waals surface area (Å²) in [5.41, 5.74) is -3.46. The lowest BCUT2D eigenvalue weighted by molar-refractivity contribution is -0.376. The van der Waals surface area contributed by atoms with Crippen LogP contribution < -0.4 is 0 Å². The normalized spacial score (nSPS) is 17.0. The number of aromatic nitrogens is 1. The highest BCUT2D eigenvalue weighted by Gasteiger charge is 2.71. The van der Waals surface area contributed by atoms with E-state index in [1.54, 1.807) is 36.7 Å². The van der Waals surface area contributed by atoms with Crippen molar-refractivity contribution in [2.24, 2.45) is 0 Å². The van der Waals surface area contributed by atoms with Crippen molar-refractivity contribution in [2.75, 3.05) is 39.5 Å². The number of carbonyl (C=O) groups is 1. The van der Waals surface area contributed by atoms with E-state index in [0.717, 1.165) is 23.3 Å². The van der Waals surface area contributed by atoms with Gasteiger partial charge in [0.1, 0.15) is 12.6 Å². The summed E-state index contributed by atoms with van der Waals surface area (Å²) in [7, 11) is 0. The predicted molar refractivity (Wildman–Crippen MR) is 149 cm³/mol. The maximum Gasteiger partial charge on any atom is 0.430 e. The molecule has 1 fully saturated rings. The number of hydrogen-bond acceptors (Lipinski definition) is 7. The molecule has 0 amide bonds. The Morgan fingerprint density at radius 3 is 1.98 bits per heavy atom. The number of piperazine rings is 1. The number of alkyl halides is 6. The molecule has 1 aromatic heterocycles. The average molecular weight is 626 g/mol. The van der Waals surface area contributed by atoms with Gasteiger partial charge in [0, 0.05) is 57.3 Å². The molecule has 1 aliphatic rings. The highest BCUT2D eigenvalue weighted by atomic mass is 19.4. The number of aliphatic hydroxyl groups is 1. The van der Waals surface area contributed by atoms with Gasteiger partial charge < -0.3 is 14.6 Å². The van der Waals surface area contributed by atoms with Crippen LogP contribution in [0.1, 0.15) is 23.6 Å². The van der Waals surface area contributed by atoms with Crippen LogP contribution in [0, 0.1) is 0 Å². The molecule has 0 bridgehead atoms. The number of nitrogens with zero attached hydrogens (tertiary/aromatic N) is 3. The van der Waals surface area contributed by atoms with Gasteiger partial charge in [-0.3, -0.25) is 19.6 Å². The van der Waals surface area contributed by atoms with Crippen LogP contribution in [0.3, 0.4) is 0 Å². The molecule has 1 N–H and O–H groups in total. The lowest BCUT2D eigenvalue weighted by atomic mass is 9.90. The van der Waals surface area contributed by atoms with Crippen LogP contribution in [-0.2, 0) is 33.0 Å². The standard InChI is InChI=1S/C31H33F6N3O4/c1-2-43-17-18-44-28(41)27-21-39(19-23-11-13-38-14-12-23)15-16-40(27)20-22-3-5-24(6-4-22)25-7-9-26(10-8-25)29(42,30(32,33)34)31(35,36)37/h3-14,27,42H,2,15-21H2,1H3/t27-/m0/s1. The molecule has 3 aromatic rings. The van der Waals surface area contributed by atoms with Crippen LogP contribution >= 0.6 is 0 Å².